The van der Waals surface area contributed by atoms with Gasteiger partial charge in [0.25, 0.3) is 11.8 Å². The van der Waals surface area contributed by atoms with E-state index < -0.39 is 23.3 Å². The monoisotopic (exact) mass is 630 g/mol. The largest absolute Gasteiger partial charge is 0.420 e. The molecule has 0 fully saturated rings. The van der Waals surface area contributed by atoms with Gasteiger partial charge in [0.2, 0.25) is 0 Å². The number of hydrogen-bond donors (Lipinski definition) is 3. The molecule has 0 saturated carbocycles. The number of carbonyl (C=O) groups is 2. The quantitative estimate of drug-likeness (QED) is 0.300. The number of nitrogens with one attached hydrogen (secondary N) is 3. The van der Waals surface area contributed by atoms with E-state index >= 15 is 0 Å². The number of H-pyrrole nitrogens is 1. The first-order chi connectivity index (χ1) is 20.5. The molecule has 14 heteroatoms. The first-order valence-corrected chi connectivity index (χ1v) is 13.8. The Morgan fingerprint density at radius 2 is 1.36 bits per heavy atom. The van der Waals surface area contributed by atoms with E-state index in [9.17, 15) is 22.8 Å². The Kier molecular flexibility index (Phi) is 10.1. The molecule has 10 nitrogen and oxygen atoms in total. The van der Waals surface area contributed by atoms with Crippen molar-refractivity contribution in [1.29, 1.82) is 0 Å². The van der Waals surface area contributed by atoms with Gasteiger partial charge >= 0.3 is 6.18 Å². The number of nitrogens with zero attached hydrogens (tertiary/aromatic N) is 5. The van der Waals surface area contributed by atoms with Crippen LogP contribution in [0.1, 0.15) is 48.7 Å². The van der Waals surface area contributed by atoms with Gasteiger partial charge in [0.15, 0.2) is 0 Å². The predicted octanol–water partition coefficient (Wildman–Crippen LogP) is 4.75. The molecular weight excluding hydrogens is 597 g/mol. The molecule has 44 heavy (non-hydrogen) atoms. The number of aromatic nitrogens is 4. The highest BCUT2D eigenvalue weighted by Gasteiger charge is 2.37. The van der Waals surface area contributed by atoms with Crippen LogP contribution in [0.25, 0.3) is 0 Å². The van der Waals surface area contributed by atoms with E-state index in [1.54, 1.807) is 36.3 Å². The molecular formula is C30H34ClF3N8O2. The van der Waals surface area contributed by atoms with Crippen molar-refractivity contribution >= 4 is 35.6 Å². The molecule has 0 saturated heterocycles. The average Bonchev–Trinajstić information content (AvgIpc) is 3.63. The van der Waals surface area contributed by atoms with Crippen molar-refractivity contribution in [3.05, 3.63) is 94.1 Å². The van der Waals surface area contributed by atoms with Crippen LogP contribution in [0.5, 0.6) is 0 Å². The van der Waals surface area contributed by atoms with Crippen molar-refractivity contribution in [2.24, 2.45) is 7.05 Å². The van der Waals surface area contributed by atoms with Crippen molar-refractivity contribution in [1.82, 2.24) is 29.8 Å². The first-order valence-electron chi connectivity index (χ1n) is 13.8. The number of halogens is 4. The smallest absolute Gasteiger partial charge is 0.322 e. The lowest BCUT2D eigenvalue weighted by Gasteiger charge is -2.25. The van der Waals surface area contributed by atoms with Gasteiger partial charge in [-0.3, -0.25) is 19.4 Å². The number of carbonyl (C=O) groups excluding carboxylic acids is 2. The second-order valence-electron chi connectivity index (χ2n) is 10.9. The molecule has 2 aromatic carbocycles. The zero-order valence-electron chi connectivity index (χ0n) is 24.5. The minimum Gasteiger partial charge on any atom is -0.322 e. The van der Waals surface area contributed by atoms with Crippen LogP contribution in [0.15, 0.2) is 55.0 Å². The maximum absolute atomic E-state index is 12.8. The van der Waals surface area contributed by atoms with E-state index in [1.165, 1.54) is 16.7 Å². The van der Waals surface area contributed by atoms with Crippen molar-refractivity contribution in [2.75, 3.05) is 37.8 Å². The summed E-state index contributed by atoms with van der Waals surface area (Å²) in [6, 6.07) is 11.5. The van der Waals surface area contributed by atoms with Crippen molar-refractivity contribution < 1.29 is 22.8 Å². The third-order valence-corrected chi connectivity index (χ3v) is 7.47. The van der Waals surface area contributed by atoms with E-state index in [-0.39, 0.29) is 18.3 Å². The molecule has 2 aromatic heterocycles. The summed E-state index contributed by atoms with van der Waals surface area (Å²) in [4.78, 5) is 28.6. The van der Waals surface area contributed by atoms with Crippen molar-refractivity contribution in [2.45, 2.75) is 32.1 Å². The fourth-order valence-corrected chi connectivity index (χ4v) is 5.16. The lowest BCUT2D eigenvalue weighted by Crippen LogP contribution is -2.26. The van der Waals surface area contributed by atoms with E-state index in [2.05, 4.69) is 54.9 Å². The van der Waals surface area contributed by atoms with Crippen LogP contribution >= 0.6 is 12.4 Å². The molecule has 4 heterocycles. The number of rotatable bonds is 4. The van der Waals surface area contributed by atoms with Crippen molar-refractivity contribution in [3.8, 4) is 0 Å². The number of fused-ring (bicyclic) bond motifs is 2. The Hall–Kier alpha value is -4.20. The fourth-order valence-electron chi connectivity index (χ4n) is 5.16. The molecule has 234 valence electrons. The third-order valence-electron chi connectivity index (χ3n) is 7.47. The number of alkyl halides is 3. The Labute approximate surface area is 259 Å². The van der Waals surface area contributed by atoms with Gasteiger partial charge < -0.3 is 20.4 Å². The molecule has 0 unspecified atom stereocenters. The molecule has 0 radical (unpaired) electrons. The van der Waals surface area contributed by atoms with Crippen molar-refractivity contribution in [3.63, 3.8) is 0 Å². The van der Waals surface area contributed by atoms with Crippen LogP contribution in [-0.4, -0.2) is 68.8 Å². The highest BCUT2D eigenvalue weighted by atomic mass is 35.5. The first kappa shape index (κ1) is 32.7. The van der Waals surface area contributed by atoms with Gasteiger partial charge in [-0.25, -0.2) is 0 Å². The standard InChI is InChI=1S/C15H15F3N4O.C15H18N4O.ClH/c1-22-5-4-9-2-3-11(6-10(9)8-22)20-14(23)13-12(7-19-21-13)15(16,17)18;1-18-6-5-11-3-4-14(7-12(11)9-18)17-15(20)13-8-16-19(2)10-13;/h2-3,6-7H,4-5,8H2,1H3,(H,19,21)(H,20,23);3-4,7-8,10H,5-6,9H2,1-2H3,(H,17,20);1H. The van der Waals surface area contributed by atoms with Gasteiger partial charge in [0.05, 0.1) is 18.0 Å². The summed E-state index contributed by atoms with van der Waals surface area (Å²) >= 11 is 0. The van der Waals surface area contributed by atoms with Crippen LogP contribution in [0, 0.1) is 0 Å². The number of aryl methyl sites for hydroxylation is 1. The number of likely N-dealkylation sites (N-methyl/N-ethyl adjacent to an activating group) is 2. The van der Waals surface area contributed by atoms with E-state index in [4.69, 9.17) is 0 Å². The summed E-state index contributed by atoms with van der Waals surface area (Å²) in [5.74, 6) is -0.985. The minimum absolute atomic E-state index is 0. The molecule has 0 atom stereocenters. The molecule has 0 bridgehead atoms. The Morgan fingerprint density at radius 3 is 1.86 bits per heavy atom. The predicted molar refractivity (Wildman–Crippen MR) is 163 cm³/mol. The van der Waals surface area contributed by atoms with Gasteiger partial charge in [0, 0.05) is 50.8 Å². The van der Waals surface area contributed by atoms with E-state index in [0.29, 0.717) is 17.4 Å². The lowest BCUT2D eigenvalue weighted by atomic mass is 9.99. The third kappa shape index (κ3) is 7.84. The Balaban J connectivity index is 0.000000198. The second-order valence-corrected chi connectivity index (χ2v) is 10.9. The number of amides is 2. The van der Waals surface area contributed by atoms with Gasteiger partial charge in [-0.05, 0) is 73.5 Å². The van der Waals surface area contributed by atoms with Crippen LogP contribution in [-0.2, 0) is 39.2 Å². The molecule has 6 rings (SSSR count). The summed E-state index contributed by atoms with van der Waals surface area (Å²) < 4.78 is 40.0. The maximum Gasteiger partial charge on any atom is 0.420 e. The average molecular weight is 631 g/mol. The molecule has 2 aliphatic rings. The van der Waals surface area contributed by atoms with Crippen LogP contribution < -0.4 is 10.6 Å². The van der Waals surface area contributed by atoms with E-state index in [0.717, 1.165) is 50.3 Å². The normalized spacial score (nSPS) is 14.8. The molecule has 2 aliphatic heterocycles. The summed E-state index contributed by atoms with van der Waals surface area (Å²) in [6.07, 6.45) is 1.25. The van der Waals surface area contributed by atoms with Gasteiger partial charge in [-0.2, -0.15) is 23.4 Å². The topological polar surface area (TPSA) is 111 Å². The zero-order chi connectivity index (χ0) is 30.7. The van der Waals surface area contributed by atoms with Crippen LogP contribution in [0.4, 0.5) is 24.5 Å². The summed E-state index contributed by atoms with van der Waals surface area (Å²) in [6.45, 7) is 3.74. The zero-order valence-corrected chi connectivity index (χ0v) is 25.3. The fraction of sp³-hybridized carbons (Fsp3) is 0.333. The Morgan fingerprint density at radius 1 is 0.818 bits per heavy atom. The summed E-state index contributed by atoms with van der Waals surface area (Å²) in [7, 11) is 5.91. The van der Waals surface area contributed by atoms with Crippen LogP contribution in [0.2, 0.25) is 0 Å². The molecule has 0 aliphatic carbocycles. The number of aromatic amines is 1. The molecule has 0 spiro atoms. The second kappa shape index (κ2) is 13.6. The van der Waals surface area contributed by atoms with Gasteiger partial charge in [0.1, 0.15) is 11.3 Å². The van der Waals surface area contributed by atoms with Gasteiger partial charge in [-0.1, -0.05) is 12.1 Å². The highest BCUT2D eigenvalue weighted by Crippen LogP contribution is 2.31. The highest BCUT2D eigenvalue weighted by molar-refractivity contribution is 6.04. The summed E-state index contributed by atoms with van der Waals surface area (Å²) in [5.41, 5.74) is 5.14. The summed E-state index contributed by atoms with van der Waals surface area (Å²) in [5, 5.41) is 14.9. The number of hydrogen-bond acceptors (Lipinski definition) is 6. The maximum atomic E-state index is 12.8. The SMILES string of the molecule is CN1CCc2ccc(NC(=O)c3[nH]ncc3C(F)(F)F)cc2C1.CN1CCc2ccc(NC(=O)c3cnn(C)c3)cc2C1.Cl. The Bertz CT molecular complexity index is 1630. The molecule has 3 N–H and O–H groups in total. The minimum atomic E-state index is -4.63. The van der Waals surface area contributed by atoms with Crippen LogP contribution in [0.3, 0.4) is 0 Å². The lowest BCUT2D eigenvalue weighted by molar-refractivity contribution is -0.137. The molecule has 4 aromatic rings. The van der Waals surface area contributed by atoms with Gasteiger partial charge in [-0.15, -0.1) is 12.4 Å². The van der Waals surface area contributed by atoms with E-state index in [1.807, 2.05) is 19.2 Å². The molecule has 2 amide bonds. The number of anilines is 2. The number of benzene rings is 2.